The molecule has 0 saturated carbocycles. The number of fused-ring (bicyclic) bond motifs is 1. The van der Waals surface area contributed by atoms with E-state index < -0.39 is 5.41 Å². The largest absolute Gasteiger partial charge is 0.462 e. The molecule has 124 valence electrons. The molecule has 3 rings (SSSR count). The highest BCUT2D eigenvalue weighted by Gasteiger charge is 2.44. The van der Waals surface area contributed by atoms with Gasteiger partial charge in [-0.3, -0.25) is 4.79 Å². The van der Waals surface area contributed by atoms with Crippen molar-refractivity contribution in [1.82, 2.24) is 0 Å². The standard InChI is InChI=1S/C20H20O4/c1-3-23-18(21)15-10-8-14(9-11-15)12-13-20(2)16-6-4-5-7-17(16)24-19(20)22/h4-11H,3,12-13H2,1-2H3. The van der Waals surface area contributed by atoms with Gasteiger partial charge < -0.3 is 9.47 Å². The van der Waals surface area contributed by atoms with Gasteiger partial charge >= 0.3 is 11.9 Å². The number of carbonyl (C=O) groups is 2. The van der Waals surface area contributed by atoms with Crippen molar-refractivity contribution in [3.05, 3.63) is 65.2 Å². The van der Waals surface area contributed by atoms with E-state index in [1.165, 1.54) is 0 Å². The molecule has 0 aliphatic carbocycles. The van der Waals surface area contributed by atoms with Crippen LogP contribution in [0.1, 0.15) is 41.8 Å². The number of ether oxygens (including phenoxy) is 2. The molecule has 0 radical (unpaired) electrons. The topological polar surface area (TPSA) is 52.6 Å². The van der Waals surface area contributed by atoms with Crippen LogP contribution < -0.4 is 4.74 Å². The SMILES string of the molecule is CCOC(=O)c1ccc(CCC2(C)C(=O)Oc3ccccc32)cc1. The zero-order valence-electron chi connectivity index (χ0n) is 13.9. The summed E-state index contributed by atoms with van der Waals surface area (Å²) in [4.78, 5) is 24.0. The number of hydrogen-bond donors (Lipinski definition) is 0. The van der Waals surface area contributed by atoms with Gasteiger partial charge in [0, 0.05) is 5.56 Å². The fourth-order valence-electron chi connectivity index (χ4n) is 2.99. The molecule has 0 fully saturated rings. The molecule has 0 spiro atoms. The molecule has 0 bridgehead atoms. The molecule has 2 aromatic rings. The number of carbonyl (C=O) groups excluding carboxylic acids is 2. The average Bonchev–Trinajstić information content (AvgIpc) is 2.85. The number of hydrogen-bond acceptors (Lipinski definition) is 4. The first-order valence-corrected chi connectivity index (χ1v) is 8.12. The van der Waals surface area contributed by atoms with E-state index in [1.807, 2.05) is 43.3 Å². The van der Waals surface area contributed by atoms with Crippen molar-refractivity contribution in [2.45, 2.75) is 32.1 Å². The van der Waals surface area contributed by atoms with Gasteiger partial charge in [-0.1, -0.05) is 30.3 Å². The van der Waals surface area contributed by atoms with Gasteiger partial charge in [0.25, 0.3) is 0 Å². The van der Waals surface area contributed by atoms with Crippen LogP contribution in [-0.2, 0) is 21.4 Å². The Kier molecular flexibility index (Phi) is 4.38. The van der Waals surface area contributed by atoms with Crippen LogP contribution >= 0.6 is 0 Å². The summed E-state index contributed by atoms with van der Waals surface area (Å²) in [5, 5.41) is 0. The normalized spacial score (nSPS) is 18.8. The average molecular weight is 324 g/mol. The Morgan fingerprint density at radius 1 is 1.12 bits per heavy atom. The fraction of sp³-hybridized carbons (Fsp3) is 0.300. The van der Waals surface area contributed by atoms with E-state index in [-0.39, 0.29) is 11.9 Å². The lowest BCUT2D eigenvalue weighted by molar-refractivity contribution is -0.137. The summed E-state index contributed by atoms with van der Waals surface area (Å²) >= 11 is 0. The number of para-hydroxylation sites is 1. The van der Waals surface area contributed by atoms with Gasteiger partial charge in [-0.25, -0.2) is 4.79 Å². The lowest BCUT2D eigenvalue weighted by atomic mass is 9.79. The fourth-order valence-corrected chi connectivity index (χ4v) is 2.99. The maximum absolute atomic E-state index is 12.3. The summed E-state index contributed by atoms with van der Waals surface area (Å²) in [5.41, 5.74) is 1.92. The monoisotopic (exact) mass is 324 g/mol. The molecule has 1 aliphatic heterocycles. The third-order valence-electron chi connectivity index (χ3n) is 4.51. The lowest BCUT2D eigenvalue weighted by Crippen LogP contribution is -2.30. The van der Waals surface area contributed by atoms with E-state index in [2.05, 4.69) is 0 Å². The third kappa shape index (κ3) is 2.92. The number of benzene rings is 2. The molecule has 1 unspecified atom stereocenters. The quantitative estimate of drug-likeness (QED) is 0.622. The first-order chi connectivity index (χ1) is 11.5. The van der Waals surface area contributed by atoms with E-state index in [0.717, 1.165) is 17.5 Å². The van der Waals surface area contributed by atoms with Crippen LogP contribution in [0.25, 0.3) is 0 Å². The summed E-state index contributed by atoms with van der Waals surface area (Å²) in [5.74, 6) is 0.138. The summed E-state index contributed by atoms with van der Waals surface area (Å²) in [7, 11) is 0. The molecule has 0 N–H and O–H groups in total. The van der Waals surface area contributed by atoms with Crippen molar-refractivity contribution in [1.29, 1.82) is 0 Å². The molecule has 0 saturated heterocycles. The van der Waals surface area contributed by atoms with Crippen molar-refractivity contribution in [2.24, 2.45) is 0 Å². The van der Waals surface area contributed by atoms with Gasteiger partial charge in [0.15, 0.2) is 0 Å². The van der Waals surface area contributed by atoms with E-state index in [1.54, 1.807) is 19.1 Å². The Morgan fingerprint density at radius 3 is 2.54 bits per heavy atom. The smallest absolute Gasteiger partial charge is 0.338 e. The molecule has 0 amide bonds. The van der Waals surface area contributed by atoms with Crippen LogP contribution in [0.15, 0.2) is 48.5 Å². The minimum Gasteiger partial charge on any atom is -0.462 e. The molecule has 2 aromatic carbocycles. The summed E-state index contributed by atoms with van der Waals surface area (Å²) in [6.45, 7) is 4.07. The van der Waals surface area contributed by atoms with Gasteiger partial charge in [-0.2, -0.15) is 0 Å². The van der Waals surface area contributed by atoms with Crippen molar-refractivity contribution < 1.29 is 19.1 Å². The van der Waals surface area contributed by atoms with E-state index >= 15 is 0 Å². The first-order valence-electron chi connectivity index (χ1n) is 8.12. The van der Waals surface area contributed by atoms with Gasteiger partial charge in [0.1, 0.15) is 5.75 Å². The molecular weight excluding hydrogens is 304 g/mol. The number of rotatable bonds is 5. The zero-order chi connectivity index (χ0) is 17.2. The first kappa shape index (κ1) is 16.2. The van der Waals surface area contributed by atoms with Crippen molar-refractivity contribution >= 4 is 11.9 Å². The minimum absolute atomic E-state index is 0.202. The molecule has 4 nitrogen and oxygen atoms in total. The second-order valence-corrected chi connectivity index (χ2v) is 6.14. The Bertz CT molecular complexity index is 763. The molecule has 1 atom stereocenters. The Balaban J connectivity index is 1.72. The van der Waals surface area contributed by atoms with Crippen LogP contribution in [0.2, 0.25) is 0 Å². The highest BCUT2D eigenvalue weighted by molar-refractivity contribution is 5.90. The molecule has 1 aliphatic rings. The van der Waals surface area contributed by atoms with Gasteiger partial charge in [-0.15, -0.1) is 0 Å². The maximum Gasteiger partial charge on any atom is 0.338 e. The van der Waals surface area contributed by atoms with Crippen LogP contribution in [0.5, 0.6) is 5.75 Å². The Labute approximate surface area is 141 Å². The molecule has 24 heavy (non-hydrogen) atoms. The van der Waals surface area contributed by atoms with Crippen molar-refractivity contribution in [2.75, 3.05) is 6.61 Å². The molecule has 4 heteroatoms. The summed E-state index contributed by atoms with van der Waals surface area (Å²) < 4.78 is 10.4. The van der Waals surface area contributed by atoms with E-state index in [9.17, 15) is 9.59 Å². The predicted octanol–water partition coefficient (Wildman–Crippen LogP) is 3.67. The van der Waals surface area contributed by atoms with Crippen molar-refractivity contribution in [3.63, 3.8) is 0 Å². The maximum atomic E-state index is 12.3. The summed E-state index contributed by atoms with van der Waals surface area (Å²) in [6.07, 6.45) is 1.38. The Hall–Kier alpha value is -2.62. The Morgan fingerprint density at radius 2 is 1.83 bits per heavy atom. The predicted molar refractivity (Wildman–Crippen MR) is 90.1 cm³/mol. The third-order valence-corrected chi connectivity index (χ3v) is 4.51. The highest BCUT2D eigenvalue weighted by atomic mass is 16.5. The summed E-state index contributed by atoms with van der Waals surface area (Å²) in [6, 6.07) is 14.9. The van der Waals surface area contributed by atoms with Gasteiger partial charge in [-0.05, 0) is 50.5 Å². The molecule has 0 aromatic heterocycles. The van der Waals surface area contributed by atoms with Gasteiger partial charge in [0.05, 0.1) is 17.6 Å². The van der Waals surface area contributed by atoms with Crippen LogP contribution in [-0.4, -0.2) is 18.5 Å². The van der Waals surface area contributed by atoms with Gasteiger partial charge in [0.2, 0.25) is 0 Å². The number of esters is 2. The van der Waals surface area contributed by atoms with Crippen molar-refractivity contribution in [3.8, 4) is 5.75 Å². The highest BCUT2D eigenvalue weighted by Crippen LogP contribution is 2.42. The number of aryl methyl sites for hydroxylation is 1. The van der Waals surface area contributed by atoms with E-state index in [4.69, 9.17) is 9.47 Å². The molecule has 1 heterocycles. The second kappa shape index (κ2) is 6.48. The lowest BCUT2D eigenvalue weighted by Gasteiger charge is -2.20. The van der Waals surface area contributed by atoms with Crippen LogP contribution in [0.4, 0.5) is 0 Å². The second-order valence-electron chi connectivity index (χ2n) is 6.14. The van der Waals surface area contributed by atoms with E-state index in [0.29, 0.717) is 24.3 Å². The molecular formula is C20H20O4. The van der Waals surface area contributed by atoms with Crippen LogP contribution in [0, 0.1) is 0 Å². The zero-order valence-corrected chi connectivity index (χ0v) is 13.9. The van der Waals surface area contributed by atoms with Crippen LogP contribution in [0.3, 0.4) is 0 Å². The minimum atomic E-state index is -0.629.